The Morgan fingerprint density at radius 1 is 1.05 bits per heavy atom. The second kappa shape index (κ2) is 9.93. The van der Waals surface area contributed by atoms with Gasteiger partial charge in [-0.25, -0.2) is 4.79 Å². The first kappa shape index (κ1) is 24.3. The zero-order chi connectivity index (χ0) is 26.1. The number of aromatic nitrogens is 1. The van der Waals surface area contributed by atoms with Crippen molar-refractivity contribution in [2.75, 3.05) is 7.11 Å². The maximum absolute atomic E-state index is 13.1. The number of ether oxygens (including phenoxy) is 2. The number of nitrogens with zero attached hydrogens (tertiary/aromatic N) is 2. The molecule has 0 saturated heterocycles. The van der Waals surface area contributed by atoms with Gasteiger partial charge in [-0.05, 0) is 36.4 Å². The van der Waals surface area contributed by atoms with Crippen LogP contribution in [0.2, 0.25) is 10.0 Å². The van der Waals surface area contributed by atoms with Crippen LogP contribution in [0, 0.1) is 10.1 Å². The number of methoxy groups -OCH3 is 1. The molecule has 37 heavy (non-hydrogen) atoms. The lowest BCUT2D eigenvalue weighted by Crippen LogP contribution is -2.05. The minimum absolute atomic E-state index is 0.0886. The molecular formula is C27H16Cl2N2O6. The van der Waals surface area contributed by atoms with E-state index in [1.54, 1.807) is 42.5 Å². The lowest BCUT2D eigenvalue weighted by molar-refractivity contribution is -0.384. The number of hydrogen-bond acceptors (Lipinski definition) is 7. The average Bonchev–Trinajstić information content (AvgIpc) is 3.29. The predicted octanol–water partition coefficient (Wildman–Crippen LogP) is 7.56. The number of rotatable bonds is 6. The molecule has 0 aliphatic heterocycles. The Morgan fingerprint density at radius 3 is 2.46 bits per heavy atom. The highest BCUT2D eigenvalue weighted by molar-refractivity contribution is 6.37. The van der Waals surface area contributed by atoms with Gasteiger partial charge in [-0.2, -0.15) is 0 Å². The van der Waals surface area contributed by atoms with Gasteiger partial charge < -0.3 is 13.9 Å². The molecule has 0 amide bonds. The Balaban J connectivity index is 1.80. The van der Waals surface area contributed by atoms with E-state index in [-0.39, 0.29) is 21.5 Å². The summed E-state index contributed by atoms with van der Waals surface area (Å²) in [5, 5.41) is 12.9. The van der Waals surface area contributed by atoms with E-state index in [1.807, 2.05) is 0 Å². The maximum Gasteiger partial charge on any atom is 0.343 e. The molecule has 5 aromatic rings. The molecule has 0 aliphatic carbocycles. The van der Waals surface area contributed by atoms with Crippen molar-refractivity contribution in [3.8, 4) is 5.75 Å². The van der Waals surface area contributed by atoms with Crippen LogP contribution in [-0.4, -0.2) is 23.0 Å². The number of fused-ring (bicyclic) bond motifs is 3. The summed E-state index contributed by atoms with van der Waals surface area (Å²) >= 11 is 12.7. The predicted molar refractivity (Wildman–Crippen MR) is 141 cm³/mol. The smallest absolute Gasteiger partial charge is 0.343 e. The number of furan rings is 1. The van der Waals surface area contributed by atoms with Gasteiger partial charge in [0.1, 0.15) is 11.3 Å². The Hall–Kier alpha value is -4.40. The maximum atomic E-state index is 13.1. The van der Waals surface area contributed by atoms with Crippen LogP contribution in [0.25, 0.3) is 33.8 Å². The van der Waals surface area contributed by atoms with Crippen molar-refractivity contribution in [3.05, 3.63) is 110 Å². The summed E-state index contributed by atoms with van der Waals surface area (Å²) in [5.74, 6) is -0.145. The van der Waals surface area contributed by atoms with Crippen LogP contribution >= 0.6 is 23.2 Å². The van der Waals surface area contributed by atoms with Crippen molar-refractivity contribution in [3.63, 3.8) is 0 Å². The van der Waals surface area contributed by atoms with E-state index in [9.17, 15) is 14.9 Å². The number of nitro groups is 1. The number of hydrogen-bond donors (Lipinski definition) is 0. The third-order valence-electron chi connectivity index (χ3n) is 5.64. The van der Waals surface area contributed by atoms with Crippen molar-refractivity contribution < 1.29 is 23.6 Å². The van der Waals surface area contributed by atoms with Crippen molar-refractivity contribution in [1.29, 1.82) is 0 Å². The molecule has 0 N–H and O–H groups in total. The molecule has 3 aromatic carbocycles. The van der Waals surface area contributed by atoms with E-state index in [0.717, 1.165) is 0 Å². The molecule has 0 atom stereocenters. The number of esters is 1. The first-order valence-corrected chi connectivity index (χ1v) is 11.6. The summed E-state index contributed by atoms with van der Waals surface area (Å²) in [7, 11) is 1.48. The number of carbonyl (C=O) groups excluding carboxylic acids is 1. The monoisotopic (exact) mass is 534 g/mol. The quantitative estimate of drug-likeness (QED) is 0.0956. The zero-order valence-electron chi connectivity index (χ0n) is 19.1. The van der Waals surface area contributed by atoms with Gasteiger partial charge in [0.15, 0.2) is 11.3 Å². The number of benzene rings is 3. The molecule has 0 aliphatic rings. The highest BCUT2D eigenvalue weighted by atomic mass is 35.5. The van der Waals surface area contributed by atoms with E-state index in [1.165, 1.54) is 43.8 Å². The van der Waals surface area contributed by atoms with E-state index < -0.39 is 10.9 Å². The van der Waals surface area contributed by atoms with E-state index >= 15 is 0 Å². The summed E-state index contributed by atoms with van der Waals surface area (Å²) in [4.78, 5) is 28.1. The highest BCUT2D eigenvalue weighted by Crippen LogP contribution is 2.42. The van der Waals surface area contributed by atoms with Crippen molar-refractivity contribution in [2.45, 2.75) is 0 Å². The molecule has 10 heteroatoms. The summed E-state index contributed by atoms with van der Waals surface area (Å²) in [6, 6.07) is 16.0. The normalized spacial score (nSPS) is 11.6. The Morgan fingerprint density at radius 2 is 1.78 bits per heavy atom. The van der Waals surface area contributed by atoms with Crippen molar-refractivity contribution >= 4 is 68.6 Å². The van der Waals surface area contributed by atoms with Gasteiger partial charge in [-0.15, -0.1) is 0 Å². The Labute approximate surface area is 219 Å². The summed E-state index contributed by atoms with van der Waals surface area (Å²) in [6.07, 6.45) is 4.34. The Kier molecular flexibility index (Phi) is 6.52. The van der Waals surface area contributed by atoms with Gasteiger partial charge in [0.2, 0.25) is 0 Å². The van der Waals surface area contributed by atoms with Crippen LogP contribution in [-0.2, 0) is 4.74 Å². The lowest BCUT2D eigenvalue weighted by atomic mass is 10.0. The number of halogens is 2. The van der Waals surface area contributed by atoms with Gasteiger partial charge >= 0.3 is 5.97 Å². The average molecular weight is 535 g/mol. The summed E-state index contributed by atoms with van der Waals surface area (Å²) < 4.78 is 17.4. The first-order chi connectivity index (χ1) is 17.9. The largest absolute Gasteiger partial charge is 0.493 e. The van der Waals surface area contributed by atoms with Crippen molar-refractivity contribution in [2.24, 2.45) is 0 Å². The van der Waals surface area contributed by atoms with Crippen LogP contribution < -0.4 is 4.74 Å². The van der Waals surface area contributed by atoms with Gasteiger partial charge in [0.05, 0.1) is 27.6 Å². The number of carbonyl (C=O) groups is 1. The lowest BCUT2D eigenvalue weighted by Gasteiger charge is -2.13. The summed E-state index contributed by atoms with van der Waals surface area (Å²) in [6.45, 7) is 0. The molecule has 2 heterocycles. The molecule has 0 radical (unpaired) electrons. The molecule has 2 aromatic heterocycles. The molecule has 0 spiro atoms. The van der Waals surface area contributed by atoms with E-state index in [0.29, 0.717) is 44.4 Å². The molecule has 8 nitrogen and oxygen atoms in total. The molecule has 0 saturated carbocycles. The topological polar surface area (TPSA) is 105 Å². The van der Waals surface area contributed by atoms with Gasteiger partial charge in [0.25, 0.3) is 5.69 Å². The number of non-ortho nitro benzene ring substituents is 1. The molecular weight excluding hydrogens is 519 g/mol. The number of nitro benzene ring substituents is 1. The fraction of sp³-hybridized carbons (Fsp3) is 0.0370. The van der Waals surface area contributed by atoms with Gasteiger partial charge in [0, 0.05) is 46.4 Å². The standard InChI is InChI=1S/C27H16Cl2N2O6/c1-35-23-10-8-17(25-19-11-16(31(33)34)7-9-22(19)36-26(23)25)24(12-18-20(28)13-30-14-21(18)29)37-27(32)15-5-3-2-4-6-15/h2-14H,1H3/b24-12+. The molecule has 184 valence electrons. The number of pyridine rings is 1. The van der Waals surface area contributed by atoms with Gasteiger partial charge in [-0.3, -0.25) is 15.1 Å². The second-order valence-electron chi connectivity index (χ2n) is 7.84. The highest BCUT2D eigenvalue weighted by Gasteiger charge is 2.23. The van der Waals surface area contributed by atoms with Crippen LogP contribution in [0.3, 0.4) is 0 Å². The molecule has 0 bridgehead atoms. The SMILES string of the molecule is COc1ccc(/C(=C\c2c(Cl)cncc2Cl)OC(=O)c2ccccc2)c2c1oc1ccc([N+](=O)[O-])cc12. The molecule has 5 rings (SSSR count). The van der Waals surface area contributed by atoms with Crippen LogP contribution in [0.4, 0.5) is 5.69 Å². The minimum Gasteiger partial charge on any atom is -0.493 e. The van der Waals surface area contributed by atoms with Crippen LogP contribution in [0.1, 0.15) is 21.5 Å². The molecule has 0 fully saturated rings. The molecule has 0 unspecified atom stereocenters. The van der Waals surface area contributed by atoms with E-state index in [2.05, 4.69) is 4.98 Å². The fourth-order valence-electron chi connectivity index (χ4n) is 3.91. The third-order valence-corrected chi connectivity index (χ3v) is 6.24. The van der Waals surface area contributed by atoms with Crippen LogP contribution in [0.15, 0.2) is 77.5 Å². The minimum atomic E-state index is -0.629. The fourth-order valence-corrected chi connectivity index (χ4v) is 4.38. The van der Waals surface area contributed by atoms with Gasteiger partial charge in [-0.1, -0.05) is 41.4 Å². The third kappa shape index (κ3) is 4.60. The van der Waals surface area contributed by atoms with Crippen LogP contribution in [0.5, 0.6) is 5.75 Å². The van der Waals surface area contributed by atoms with Crippen molar-refractivity contribution in [1.82, 2.24) is 4.98 Å². The first-order valence-electron chi connectivity index (χ1n) is 10.8. The summed E-state index contributed by atoms with van der Waals surface area (Å²) in [5.41, 5.74) is 1.68. The Bertz CT molecular complexity index is 1690. The van der Waals surface area contributed by atoms with E-state index in [4.69, 9.17) is 37.1 Å². The second-order valence-corrected chi connectivity index (χ2v) is 8.65. The zero-order valence-corrected chi connectivity index (χ0v) is 20.6.